The van der Waals surface area contributed by atoms with Crippen molar-refractivity contribution in [3.8, 4) is 0 Å². The van der Waals surface area contributed by atoms with E-state index in [0.717, 1.165) is 10.0 Å². The predicted octanol–water partition coefficient (Wildman–Crippen LogP) is 2.36. The summed E-state index contributed by atoms with van der Waals surface area (Å²) in [6, 6.07) is 6.18. The van der Waals surface area contributed by atoms with Gasteiger partial charge in [-0.1, -0.05) is 46.8 Å². The molecule has 1 aromatic rings. The largest absolute Gasteiger partial charge is 0.480 e. The van der Waals surface area contributed by atoms with E-state index in [4.69, 9.17) is 9.84 Å². The van der Waals surface area contributed by atoms with Crippen LogP contribution in [0.5, 0.6) is 0 Å². The molecule has 0 saturated heterocycles. The number of carboxylic acids is 1. The van der Waals surface area contributed by atoms with Crippen LogP contribution in [0, 0.1) is 0 Å². The molecule has 0 heterocycles. The smallest absolute Gasteiger partial charge is 0.408 e. The van der Waals surface area contributed by atoms with Gasteiger partial charge in [0.2, 0.25) is 0 Å². The Morgan fingerprint density at radius 1 is 1.47 bits per heavy atom. The summed E-state index contributed by atoms with van der Waals surface area (Å²) in [6.07, 6.45) is 0.794. The maximum Gasteiger partial charge on any atom is 0.408 e. The Bertz CT molecular complexity index is 475. The third-order valence-corrected chi connectivity index (χ3v) is 3.08. The Balaban J connectivity index is 2.68. The number of hydrogen-bond acceptors (Lipinski definition) is 3. The number of nitrogens with one attached hydrogen (secondary N) is 1. The predicted molar refractivity (Wildman–Crippen MR) is 74.0 cm³/mol. The second-order valence-electron chi connectivity index (χ2n) is 3.72. The van der Waals surface area contributed by atoms with E-state index in [-0.39, 0.29) is 13.0 Å². The summed E-state index contributed by atoms with van der Waals surface area (Å²) in [4.78, 5) is 22.5. The van der Waals surface area contributed by atoms with Crippen LogP contribution in [-0.2, 0) is 16.0 Å². The summed E-state index contributed by atoms with van der Waals surface area (Å²) >= 11 is 3.33. The molecule has 19 heavy (non-hydrogen) atoms. The molecule has 6 heteroatoms. The van der Waals surface area contributed by atoms with Gasteiger partial charge in [-0.25, -0.2) is 9.59 Å². The number of aliphatic carboxylic acids is 1. The van der Waals surface area contributed by atoms with E-state index >= 15 is 0 Å². The highest BCUT2D eigenvalue weighted by atomic mass is 79.9. The lowest BCUT2D eigenvalue weighted by Gasteiger charge is -2.15. The summed E-state index contributed by atoms with van der Waals surface area (Å²) in [5.74, 6) is -1.12. The minimum absolute atomic E-state index is 0.0349. The molecule has 0 spiro atoms. The molecule has 0 aliphatic heterocycles. The van der Waals surface area contributed by atoms with Crippen LogP contribution in [0.4, 0.5) is 4.79 Å². The summed E-state index contributed by atoms with van der Waals surface area (Å²) < 4.78 is 5.49. The van der Waals surface area contributed by atoms with Gasteiger partial charge in [0, 0.05) is 10.9 Å². The third-order valence-electron chi connectivity index (χ3n) is 2.30. The minimum Gasteiger partial charge on any atom is -0.480 e. The van der Waals surface area contributed by atoms with Crippen molar-refractivity contribution in [2.24, 2.45) is 0 Å². The van der Waals surface area contributed by atoms with E-state index in [0.29, 0.717) is 0 Å². The number of alkyl carbamates (subject to hydrolysis) is 1. The summed E-state index contributed by atoms with van der Waals surface area (Å²) in [7, 11) is 0. The van der Waals surface area contributed by atoms with E-state index in [1.165, 1.54) is 6.08 Å². The van der Waals surface area contributed by atoms with Crippen LogP contribution >= 0.6 is 15.9 Å². The summed E-state index contributed by atoms with van der Waals surface area (Å²) in [5.41, 5.74) is 0.791. The van der Waals surface area contributed by atoms with Crippen LogP contribution in [0.25, 0.3) is 0 Å². The van der Waals surface area contributed by atoms with Gasteiger partial charge in [-0.15, -0.1) is 0 Å². The van der Waals surface area contributed by atoms with Gasteiger partial charge in [0.25, 0.3) is 0 Å². The van der Waals surface area contributed by atoms with Gasteiger partial charge in [-0.3, -0.25) is 0 Å². The number of carbonyl (C=O) groups is 2. The molecule has 102 valence electrons. The number of halogens is 1. The first-order chi connectivity index (χ1) is 9.04. The number of rotatable bonds is 6. The van der Waals surface area contributed by atoms with Crippen molar-refractivity contribution in [1.82, 2.24) is 5.32 Å². The van der Waals surface area contributed by atoms with E-state index in [1.54, 1.807) is 12.1 Å². The highest BCUT2D eigenvalue weighted by molar-refractivity contribution is 9.10. The van der Waals surface area contributed by atoms with Gasteiger partial charge in [0.15, 0.2) is 0 Å². The first-order valence-electron chi connectivity index (χ1n) is 5.55. The molecule has 1 aromatic carbocycles. The Hall–Kier alpha value is -1.82. The van der Waals surface area contributed by atoms with Crippen molar-refractivity contribution < 1.29 is 19.4 Å². The topological polar surface area (TPSA) is 75.6 Å². The Labute approximate surface area is 119 Å². The molecule has 0 saturated carbocycles. The molecule has 0 bridgehead atoms. The van der Waals surface area contributed by atoms with Crippen molar-refractivity contribution in [2.75, 3.05) is 6.61 Å². The zero-order valence-electron chi connectivity index (χ0n) is 10.1. The standard InChI is InChI=1S/C13H14BrNO4/c1-2-7-19-13(18)15-11(12(16)17)8-9-5-3-4-6-10(9)14/h2-6,11H,1,7-8H2,(H,15,18)(H,16,17). The van der Waals surface area contributed by atoms with Crippen molar-refractivity contribution in [3.63, 3.8) is 0 Å². The van der Waals surface area contributed by atoms with E-state index in [1.807, 2.05) is 12.1 Å². The molecular weight excluding hydrogens is 314 g/mol. The second-order valence-corrected chi connectivity index (χ2v) is 4.57. The lowest BCUT2D eigenvalue weighted by atomic mass is 10.1. The fourth-order valence-corrected chi connectivity index (χ4v) is 1.85. The molecule has 1 unspecified atom stereocenters. The molecule has 0 aliphatic rings. The maximum absolute atomic E-state index is 11.3. The SMILES string of the molecule is C=CCOC(=O)NC(Cc1ccccc1Br)C(=O)O. The number of carbonyl (C=O) groups excluding carboxylic acids is 1. The average molecular weight is 328 g/mol. The van der Waals surface area contributed by atoms with Crippen LogP contribution < -0.4 is 5.32 Å². The fraction of sp³-hybridized carbons (Fsp3) is 0.231. The number of hydrogen-bond donors (Lipinski definition) is 2. The molecule has 0 aliphatic carbocycles. The molecule has 0 radical (unpaired) electrons. The first kappa shape index (κ1) is 15.2. The monoisotopic (exact) mass is 327 g/mol. The quantitative estimate of drug-likeness (QED) is 0.786. The number of benzene rings is 1. The average Bonchev–Trinajstić information content (AvgIpc) is 2.38. The van der Waals surface area contributed by atoms with Crippen molar-refractivity contribution in [3.05, 3.63) is 47.0 Å². The normalized spacial score (nSPS) is 11.4. The second kappa shape index (κ2) is 7.58. The van der Waals surface area contributed by atoms with Crippen molar-refractivity contribution in [2.45, 2.75) is 12.5 Å². The fourth-order valence-electron chi connectivity index (χ4n) is 1.40. The molecule has 2 N–H and O–H groups in total. The maximum atomic E-state index is 11.3. The van der Waals surface area contributed by atoms with Crippen LogP contribution in [0.2, 0.25) is 0 Å². The van der Waals surface area contributed by atoms with Crippen LogP contribution in [0.3, 0.4) is 0 Å². The van der Waals surface area contributed by atoms with E-state index < -0.39 is 18.1 Å². The van der Waals surface area contributed by atoms with Crippen LogP contribution in [0.15, 0.2) is 41.4 Å². The van der Waals surface area contributed by atoms with Crippen molar-refractivity contribution in [1.29, 1.82) is 0 Å². The lowest BCUT2D eigenvalue weighted by molar-refractivity contribution is -0.139. The molecule has 1 rings (SSSR count). The van der Waals surface area contributed by atoms with Gasteiger partial charge in [-0.05, 0) is 11.6 Å². The Kier molecular flexibility index (Phi) is 6.08. The third kappa shape index (κ3) is 5.13. The molecular formula is C13H14BrNO4. The van der Waals surface area contributed by atoms with Gasteiger partial charge >= 0.3 is 12.1 Å². The number of carboxylic acid groups (broad SMARTS) is 1. The zero-order chi connectivity index (χ0) is 14.3. The number of ether oxygens (including phenoxy) is 1. The molecule has 5 nitrogen and oxygen atoms in total. The summed E-state index contributed by atoms with van der Waals surface area (Å²) in [6.45, 7) is 3.43. The molecule has 1 amide bonds. The molecule has 0 aromatic heterocycles. The molecule has 0 fully saturated rings. The van der Waals surface area contributed by atoms with Crippen LogP contribution in [-0.4, -0.2) is 29.8 Å². The Morgan fingerprint density at radius 3 is 2.74 bits per heavy atom. The van der Waals surface area contributed by atoms with Gasteiger partial charge in [0.05, 0.1) is 0 Å². The van der Waals surface area contributed by atoms with E-state index in [9.17, 15) is 9.59 Å². The van der Waals surface area contributed by atoms with Crippen molar-refractivity contribution >= 4 is 28.0 Å². The van der Waals surface area contributed by atoms with Gasteiger partial charge in [0.1, 0.15) is 12.6 Å². The zero-order valence-corrected chi connectivity index (χ0v) is 11.7. The highest BCUT2D eigenvalue weighted by Crippen LogP contribution is 2.17. The highest BCUT2D eigenvalue weighted by Gasteiger charge is 2.21. The first-order valence-corrected chi connectivity index (χ1v) is 6.34. The number of amides is 1. The minimum atomic E-state index is -1.12. The van der Waals surface area contributed by atoms with Gasteiger partial charge in [-0.2, -0.15) is 0 Å². The van der Waals surface area contributed by atoms with Gasteiger partial charge < -0.3 is 15.2 Å². The Morgan fingerprint density at radius 2 is 2.16 bits per heavy atom. The molecule has 1 atom stereocenters. The van der Waals surface area contributed by atoms with Crippen LogP contribution in [0.1, 0.15) is 5.56 Å². The lowest BCUT2D eigenvalue weighted by Crippen LogP contribution is -2.42. The van der Waals surface area contributed by atoms with E-state index in [2.05, 4.69) is 27.8 Å². The summed E-state index contributed by atoms with van der Waals surface area (Å²) in [5, 5.41) is 11.4.